The first-order valence-corrected chi connectivity index (χ1v) is 14.5. The molecule has 5 heteroatoms. The zero-order valence-corrected chi connectivity index (χ0v) is 24.4. The Labute approximate surface area is 248 Å². The van der Waals surface area contributed by atoms with E-state index in [1.807, 2.05) is 60.7 Å². The van der Waals surface area contributed by atoms with Gasteiger partial charge in [-0.2, -0.15) is 0 Å². The topological polar surface area (TPSA) is 41.9 Å². The third kappa shape index (κ3) is 4.52. The Balaban J connectivity index is 1.34. The summed E-state index contributed by atoms with van der Waals surface area (Å²) < 4.78 is 1.08. The first-order valence-electron chi connectivity index (χ1n) is 13.7. The summed E-state index contributed by atoms with van der Waals surface area (Å²) in [6.45, 7) is 4.60. The molecule has 41 heavy (non-hydrogen) atoms. The minimum absolute atomic E-state index is 0.126. The van der Waals surface area contributed by atoms with Gasteiger partial charge >= 0.3 is 0 Å². The smallest absolute Gasteiger partial charge is 0.164 e. The summed E-state index contributed by atoms with van der Waals surface area (Å²) in [7, 11) is 0. The van der Waals surface area contributed by atoms with E-state index in [9.17, 15) is 0 Å². The van der Waals surface area contributed by atoms with Crippen LogP contribution in [0.5, 0.6) is 0 Å². The van der Waals surface area contributed by atoms with Gasteiger partial charge in [-0.3, -0.25) is 0 Å². The predicted octanol–water partition coefficient (Wildman–Crippen LogP) is 9.74. The van der Waals surface area contributed by atoms with E-state index >= 15 is 0 Å². The van der Waals surface area contributed by atoms with Crippen molar-refractivity contribution in [2.45, 2.75) is 19.3 Å². The molecule has 6 aromatic rings. The maximum Gasteiger partial charge on any atom is 0.164 e. The van der Waals surface area contributed by atoms with Gasteiger partial charge in [-0.25, -0.2) is 15.0 Å². The number of hydrogen-bond acceptors (Lipinski definition) is 4. The molecule has 4 nitrogen and oxygen atoms in total. The summed E-state index contributed by atoms with van der Waals surface area (Å²) in [5, 5.41) is 0. The van der Waals surface area contributed by atoms with Crippen LogP contribution in [0.2, 0.25) is 0 Å². The fourth-order valence-electron chi connectivity index (χ4n) is 5.65. The Bertz CT molecular complexity index is 1810. The normalized spacial score (nSPS) is 13.4. The molecule has 0 bridgehead atoms. The maximum atomic E-state index is 4.90. The molecule has 0 aliphatic carbocycles. The van der Waals surface area contributed by atoms with Crippen molar-refractivity contribution in [3.8, 4) is 34.2 Å². The van der Waals surface area contributed by atoms with E-state index in [4.69, 9.17) is 15.0 Å². The highest BCUT2D eigenvalue weighted by atomic mass is 79.9. The van der Waals surface area contributed by atoms with Gasteiger partial charge in [0.15, 0.2) is 17.5 Å². The molecular formula is C36H27BrN4. The summed E-state index contributed by atoms with van der Waals surface area (Å²) in [5.41, 5.74) is 8.77. The number of hydrogen-bond donors (Lipinski definition) is 0. The zero-order chi connectivity index (χ0) is 28.0. The number of rotatable bonds is 4. The molecule has 5 aromatic carbocycles. The van der Waals surface area contributed by atoms with Crippen molar-refractivity contribution in [2.75, 3.05) is 4.90 Å². The molecule has 0 amide bonds. The van der Waals surface area contributed by atoms with E-state index in [-0.39, 0.29) is 5.41 Å². The van der Waals surface area contributed by atoms with Gasteiger partial charge in [-0.1, -0.05) is 109 Å². The molecule has 1 aliphatic heterocycles. The van der Waals surface area contributed by atoms with Gasteiger partial charge in [0.05, 0.1) is 11.4 Å². The van der Waals surface area contributed by atoms with Gasteiger partial charge in [0.2, 0.25) is 0 Å². The number of halogens is 1. The van der Waals surface area contributed by atoms with E-state index in [2.05, 4.69) is 101 Å². The van der Waals surface area contributed by atoms with Crippen LogP contribution in [-0.2, 0) is 5.41 Å². The maximum absolute atomic E-state index is 4.90. The predicted molar refractivity (Wildman–Crippen MR) is 171 cm³/mol. The lowest BCUT2D eigenvalue weighted by Crippen LogP contribution is -2.30. The van der Waals surface area contributed by atoms with Crippen LogP contribution in [-0.4, -0.2) is 15.0 Å². The molecule has 0 fully saturated rings. The quantitative estimate of drug-likeness (QED) is 0.204. The monoisotopic (exact) mass is 594 g/mol. The van der Waals surface area contributed by atoms with Crippen molar-refractivity contribution in [1.82, 2.24) is 15.0 Å². The second-order valence-electron chi connectivity index (χ2n) is 10.7. The molecule has 1 aromatic heterocycles. The van der Waals surface area contributed by atoms with Gasteiger partial charge in [0.25, 0.3) is 0 Å². The summed E-state index contributed by atoms with van der Waals surface area (Å²) in [5.74, 6) is 1.96. The zero-order valence-electron chi connectivity index (χ0n) is 22.8. The number of benzene rings is 5. The highest BCUT2D eigenvalue weighted by molar-refractivity contribution is 9.10. The molecule has 0 saturated heterocycles. The second kappa shape index (κ2) is 10.1. The minimum atomic E-state index is -0.126. The van der Waals surface area contributed by atoms with Crippen molar-refractivity contribution in [2.24, 2.45) is 0 Å². The van der Waals surface area contributed by atoms with Gasteiger partial charge in [0, 0.05) is 32.3 Å². The summed E-state index contributed by atoms with van der Waals surface area (Å²) >= 11 is 3.70. The fraction of sp³-hybridized carbons (Fsp3) is 0.0833. The Morgan fingerprint density at radius 2 is 1.00 bits per heavy atom. The molecule has 7 rings (SSSR count). The molecule has 0 radical (unpaired) electrons. The number of para-hydroxylation sites is 1. The van der Waals surface area contributed by atoms with E-state index in [1.165, 1.54) is 22.5 Å². The standard InChI is InChI=1S/C36H27BrN4/c1-36(2)29-15-9-10-16-31(29)41(32-22-19-27(37)23-30(32)36)28-20-17-26(18-21-28)35-39-33(24-11-5-3-6-12-24)38-34(40-35)25-13-7-4-8-14-25/h3-23H,1-2H3. The Morgan fingerprint density at radius 3 is 1.59 bits per heavy atom. The summed E-state index contributed by atoms with van der Waals surface area (Å²) in [6, 6.07) is 43.9. The van der Waals surface area contributed by atoms with Gasteiger partial charge in [0.1, 0.15) is 0 Å². The van der Waals surface area contributed by atoms with Crippen molar-refractivity contribution in [3.05, 3.63) is 143 Å². The lowest BCUT2D eigenvalue weighted by molar-refractivity contribution is 0.631. The number of aromatic nitrogens is 3. The molecule has 1 aliphatic rings. The summed E-state index contributed by atoms with van der Waals surface area (Å²) in [6.07, 6.45) is 0. The first-order chi connectivity index (χ1) is 20.0. The van der Waals surface area contributed by atoms with Crippen molar-refractivity contribution in [1.29, 1.82) is 0 Å². The Hall–Kier alpha value is -4.61. The van der Waals surface area contributed by atoms with Crippen LogP contribution in [0.3, 0.4) is 0 Å². The molecule has 2 heterocycles. The highest BCUT2D eigenvalue weighted by Crippen LogP contribution is 2.52. The summed E-state index contributed by atoms with van der Waals surface area (Å²) in [4.78, 5) is 17.0. The first kappa shape index (κ1) is 25.4. The van der Waals surface area contributed by atoms with Crippen LogP contribution < -0.4 is 4.90 Å². The molecule has 198 valence electrons. The highest BCUT2D eigenvalue weighted by Gasteiger charge is 2.36. The van der Waals surface area contributed by atoms with E-state index < -0.39 is 0 Å². The molecule has 0 unspecified atom stereocenters. The number of fused-ring (bicyclic) bond motifs is 2. The largest absolute Gasteiger partial charge is 0.310 e. The Kier molecular flexibility index (Phi) is 6.25. The minimum Gasteiger partial charge on any atom is -0.310 e. The molecule has 0 atom stereocenters. The van der Waals surface area contributed by atoms with Crippen molar-refractivity contribution >= 4 is 33.0 Å². The average molecular weight is 596 g/mol. The van der Waals surface area contributed by atoms with Crippen LogP contribution in [0.4, 0.5) is 17.1 Å². The average Bonchev–Trinajstić information content (AvgIpc) is 3.02. The molecule has 0 spiro atoms. The third-order valence-electron chi connectivity index (χ3n) is 7.77. The third-order valence-corrected chi connectivity index (χ3v) is 8.27. The van der Waals surface area contributed by atoms with Gasteiger partial charge < -0.3 is 4.90 Å². The van der Waals surface area contributed by atoms with Crippen LogP contribution in [0.25, 0.3) is 34.2 Å². The SMILES string of the molecule is CC1(C)c2ccccc2N(c2ccc(-c3nc(-c4ccccc4)nc(-c4ccccc4)n3)cc2)c2ccc(Br)cc21. The number of nitrogens with zero attached hydrogens (tertiary/aromatic N) is 4. The fourth-order valence-corrected chi connectivity index (χ4v) is 6.01. The number of anilines is 3. The molecular weight excluding hydrogens is 568 g/mol. The Morgan fingerprint density at radius 1 is 0.512 bits per heavy atom. The van der Waals surface area contributed by atoms with Gasteiger partial charge in [-0.05, 0) is 59.7 Å². The lowest BCUT2D eigenvalue weighted by atomic mass is 9.73. The lowest BCUT2D eigenvalue weighted by Gasteiger charge is -2.42. The second-order valence-corrected chi connectivity index (χ2v) is 11.6. The molecule has 0 N–H and O–H groups in total. The molecule has 0 saturated carbocycles. The van der Waals surface area contributed by atoms with Crippen LogP contribution >= 0.6 is 15.9 Å². The van der Waals surface area contributed by atoms with Crippen molar-refractivity contribution < 1.29 is 0 Å². The van der Waals surface area contributed by atoms with Gasteiger partial charge in [-0.15, -0.1) is 0 Å². The van der Waals surface area contributed by atoms with E-state index in [0.717, 1.165) is 26.9 Å². The van der Waals surface area contributed by atoms with Crippen LogP contribution in [0.15, 0.2) is 132 Å². The van der Waals surface area contributed by atoms with E-state index in [0.29, 0.717) is 17.5 Å². The van der Waals surface area contributed by atoms with Crippen LogP contribution in [0.1, 0.15) is 25.0 Å². The van der Waals surface area contributed by atoms with Crippen molar-refractivity contribution in [3.63, 3.8) is 0 Å². The van der Waals surface area contributed by atoms with Crippen LogP contribution in [0, 0.1) is 0 Å². The van der Waals surface area contributed by atoms with E-state index in [1.54, 1.807) is 0 Å².